The molecule has 3 amide bonds. The number of benzene rings is 1. The van der Waals surface area contributed by atoms with Crippen molar-refractivity contribution in [2.24, 2.45) is 11.7 Å². The van der Waals surface area contributed by atoms with Crippen LogP contribution >= 0.6 is 12.4 Å². The van der Waals surface area contributed by atoms with Crippen LogP contribution in [0.1, 0.15) is 41.6 Å². The van der Waals surface area contributed by atoms with Crippen LogP contribution < -0.4 is 16.4 Å². The number of urea groups is 1. The number of carbonyl (C=O) groups excluding carboxylic acids is 2. The summed E-state index contributed by atoms with van der Waals surface area (Å²) in [6.45, 7) is 3.14. The highest BCUT2D eigenvalue weighted by molar-refractivity contribution is 5.94. The van der Waals surface area contributed by atoms with Gasteiger partial charge in [0.15, 0.2) is 0 Å². The van der Waals surface area contributed by atoms with Crippen LogP contribution in [0.4, 0.5) is 4.79 Å². The molecule has 3 rings (SSSR count). The molecule has 0 spiro atoms. The van der Waals surface area contributed by atoms with Crippen molar-refractivity contribution >= 4 is 24.3 Å². The minimum absolute atomic E-state index is 0. The van der Waals surface area contributed by atoms with Crippen molar-refractivity contribution in [3.63, 3.8) is 0 Å². The van der Waals surface area contributed by atoms with E-state index in [1.807, 2.05) is 29.2 Å². The molecule has 0 atom stereocenters. The summed E-state index contributed by atoms with van der Waals surface area (Å²) in [4.78, 5) is 25.2. The highest BCUT2D eigenvalue weighted by atomic mass is 35.5. The number of halogens is 1. The van der Waals surface area contributed by atoms with E-state index in [0.717, 1.165) is 44.0 Å². The van der Waals surface area contributed by atoms with E-state index in [1.165, 1.54) is 12.8 Å². The maximum atomic E-state index is 12.6. The van der Waals surface area contributed by atoms with Gasteiger partial charge in [-0.05, 0) is 55.8 Å². The second-order valence-electron chi connectivity index (χ2n) is 6.83. The van der Waals surface area contributed by atoms with E-state index in [-0.39, 0.29) is 18.3 Å². The number of piperidine rings is 1. The minimum atomic E-state index is -0.548. The van der Waals surface area contributed by atoms with Crippen LogP contribution in [-0.4, -0.2) is 42.5 Å². The van der Waals surface area contributed by atoms with Crippen LogP contribution in [-0.2, 0) is 6.54 Å². The minimum Gasteiger partial charge on any atom is -0.352 e. The molecule has 1 aromatic carbocycles. The fourth-order valence-corrected chi connectivity index (χ4v) is 3.08. The number of carbonyl (C=O) groups is 2. The predicted molar refractivity (Wildman–Crippen MR) is 99.8 cm³/mol. The lowest BCUT2D eigenvalue weighted by Crippen LogP contribution is -2.45. The van der Waals surface area contributed by atoms with Crippen molar-refractivity contribution < 1.29 is 9.59 Å². The van der Waals surface area contributed by atoms with E-state index in [9.17, 15) is 9.59 Å². The van der Waals surface area contributed by atoms with E-state index >= 15 is 0 Å². The Bertz CT molecular complexity index is 581. The average molecular weight is 367 g/mol. The van der Waals surface area contributed by atoms with Gasteiger partial charge in [-0.25, -0.2) is 4.79 Å². The third-order valence-electron chi connectivity index (χ3n) is 4.84. The Kier molecular flexibility index (Phi) is 7.08. The van der Waals surface area contributed by atoms with Crippen LogP contribution in [0.2, 0.25) is 0 Å². The average Bonchev–Trinajstić information content (AvgIpc) is 3.43. The number of primary amides is 1. The Morgan fingerprint density at radius 2 is 1.72 bits per heavy atom. The summed E-state index contributed by atoms with van der Waals surface area (Å²) < 4.78 is 0. The SMILES string of the molecule is Cl.NC(=O)NCc1ccc(C(=O)N2CCC(NCC3CC3)CC2)cc1. The van der Waals surface area contributed by atoms with Gasteiger partial charge in [0.05, 0.1) is 0 Å². The summed E-state index contributed by atoms with van der Waals surface area (Å²) in [5, 5.41) is 6.17. The molecule has 6 nitrogen and oxygen atoms in total. The molecule has 2 aliphatic rings. The van der Waals surface area contributed by atoms with Crippen LogP contribution in [0.25, 0.3) is 0 Å². The standard InChI is InChI=1S/C18H26N4O2.ClH/c19-18(24)21-12-14-3-5-15(6-4-14)17(23)22-9-7-16(8-10-22)20-11-13-1-2-13;/h3-6,13,16,20H,1-2,7-12H2,(H3,19,21,24);1H. The third kappa shape index (κ3) is 5.90. The van der Waals surface area contributed by atoms with Crippen molar-refractivity contribution in [1.29, 1.82) is 0 Å². The monoisotopic (exact) mass is 366 g/mol. The van der Waals surface area contributed by atoms with Crippen molar-refractivity contribution in [3.8, 4) is 0 Å². The van der Waals surface area contributed by atoms with Gasteiger partial charge in [0.2, 0.25) is 0 Å². The first kappa shape index (κ1) is 19.5. The number of likely N-dealkylation sites (tertiary alicyclic amines) is 1. The number of amides is 3. The normalized spacial score (nSPS) is 17.7. The maximum absolute atomic E-state index is 12.6. The molecular weight excluding hydrogens is 340 g/mol. The van der Waals surface area contributed by atoms with E-state index in [2.05, 4.69) is 10.6 Å². The van der Waals surface area contributed by atoms with Gasteiger partial charge in [0.25, 0.3) is 5.91 Å². The zero-order valence-corrected chi connectivity index (χ0v) is 15.2. The molecule has 4 N–H and O–H groups in total. The van der Waals surface area contributed by atoms with Gasteiger partial charge in [-0.1, -0.05) is 12.1 Å². The van der Waals surface area contributed by atoms with Gasteiger partial charge in [-0.3, -0.25) is 4.79 Å². The molecule has 1 aliphatic heterocycles. The number of nitrogens with two attached hydrogens (primary N) is 1. The lowest BCUT2D eigenvalue weighted by Gasteiger charge is -2.32. The van der Waals surface area contributed by atoms with E-state index in [1.54, 1.807) is 0 Å². The number of rotatable bonds is 6. The first-order chi connectivity index (χ1) is 11.6. The fraction of sp³-hybridized carbons (Fsp3) is 0.556. The van der Waals surface area contributed by atoms with Crippen molar-refractivity contribution in [2.75, 3.05) is 19.6 Å². The zero-order valence-electron chi connectivity index (χ0n) is 14.4. The molecule has 1 saturated heterocycles. The van der Waals surface area contributed by atoms with Crippen molar-refractivity contribution in [2.45, 2.75) is 38.3 Å². The molecular formula is C18H27ClN4O2. The van der Waals surface area contributed by atoms with Crippen LogP contribution in [0, 0.1) is 5.92 Å². The fourth-order valence-electron chi connectivity index (χ4n) is 3.08. The van der Waals surface area contributed by atoms with Gasteiger partial charge in [-0.2, -0.15) is 0 Å². The Labute approximate surface area is 154 Å². The Balaban J connectivity index is 0.00000225. The molecule has 138 valence electrons. The first-order valence-corrected chi connectivity index (χ1v) is 8.76. The molecule has 0 aromatic heterocycles. The molecule has 25 heavy (non-hydrogen) atoms. The molecule has 2 fully saturated rings. The zero-order chi connectivity index (χ0) is 16.9. The maximum Gasteiger partial charge on any atom is 0.312 e. The predicted octanol–water partition coefficient (Wildman–Crippen LogP) is 1.88. The van der Waals surface area contributed by atoms with Gasteiger partial charge in [0, 0.05) is 31.2 Å². The highest BCUT2D eigenvalue weighted by Gasteiger charge is 2.26. The van der Waals surface area contributed by atoms with E-state index < -0.39 is 6.03 Å². The molecule has 0 radical (unpaired) electrons. The van der Waals surface area contributed by atoms with Crippen molar-refractivity contribution in [1.82, 2.24) is 15.5 Å². The summed E-state index contributed by atoms with van der Waals surface area (Å²) in [7, 11) is 0. The second kappa shape index (κ2) is 9.06. The summed E-state index contributed by atoms with van der Waals surface area (Å²) in [5.74, 6) is 0.984. The second-order valence-corrected chi connectivity index (χ2v) is 6.83. The Hall–Kier alpha value is -1.79. The largest absolute Gasteiger partial charge is 0.352 e. The molecule has 0 unspecified atom stereocenters. The number of hydrogen-bond acceptors (Lipinski definition) is 3. The molecule has 1 aliphatic carbocycles. The highest BCUT2D eigenvalue weighted by Crippen LogP contribution is 2.28. The molecule has 0 bridgehead atoms. The summed E-state index contributed by atoms with van der Waals surface area (Å²) in [5.41, 5.74) is 6.67. The smallest absolute Gasteiger partial charge is 0.312 e. The van der Waals surface area contributed by atoms with E-state index in [4.69, 9.17) is 5.73 Å². The summed E-state index contributed by atoms with van der Waals surface area (Å²) in [6, 6.07) is 7.35. The summed E-state index contributed by atoms with van der Waals surface area (Å²) in [6.07, 6.45) is 4.79. The van der Waals surface area contributed by atoms with E-state index in [0.29, 0.717) is 18.2 Å². The number of nitrogens with one attached hydrogen (secondary N) is 2. The number of hydrogen-bond donors (Lipinski definition) is 3. The quantitative estimate of drug-likeness (QED) is 0.718. The van der Waals surface area contributed by atoms with Gasteiger partial charge in [0.1, 0.15) is 0 Å². The lowest BCUT2D eigenvalue weighted by molar-refractivity contribution is 0.0705. The Morgan fingerprint density at radius 3 is 2.28 bits per heavy atom. The van der Waals surface area contributed by atoms with Crippen LogP contribution in [0.15, 0.2) is 24.3 Å². The van der Waals surface area contributed by atoms with Crippen molar-refractivity contribution in [3.05, 3.63) is 35.4 Å². The van der Waals surface area contributed by atoms with Gasteiger partial charge < -0.3 is 21.3 Å². The summed E-state index contributed by atoms with van der Waals surface area (Å²) >= 11 is 0. The van der Waals surface area contributed by atoms with Crippen LogP contribution in [0.5, 0.6) is 0 Å². The lowest BCUT2D eigenvalue weighted by atomic mass is 10.0. The molecule has 1 aromatic rings. The van der Waals surface area contributed by atoms with Gasteiger partial charge >= 0.3 is 6.03 Å². The van der Waals surface area contributed by atoms with Crippen LogP contribution in [0.3, 0.4) is 0 Å². The molecule has 7 heteroatoms. The topological polar surface area (TPSA) is 87.5 Å². The number of nitrogens with zero attached hydrogens (tertiary/aromatic N) is 1. The molecule has 1 saturated carbocycles. The Morgan fingerprint density at radius 1 is 1.08 bits per heavy atom. The van der Waals surface area contributed by atoms with Gasteiger partial charge in [-0.15, -0.1) is 12.4 Å². The molecule has 1 heterocycles. The third-order valence-corrected chi connectivity index (χ3v) is 4.84. The first-order valence-electron chi connectivity index (χ1n) is 8.76.